The normalized spacial score (nSPS) is 22.9. The predicted octanol–water partition coefficient (Wildman–Crippen LogP) is 3.13. The topological polar surface area (TPSA) is 49.2 Å². The molecule has 1 aliphatic carbocycles. The average molecular weight is 298 g/mol. The molecule has 0 amide bonds. The minimum absolute atomic E-state index is 0.128. The number of likely N-dealkylation sites (N-methyl/N-ethyl adjacent to an activating group) is 1. The molecule has 1 aromatic heterocycles. The maximum absolute atomic E-state index is 10.2. The van der Waals surface area contributed by atoms with Gasteiger partial charge in [-0.05, 0) is 26.2 Å². The van der Waals surface area contributed by atoms with Crippen molar-refractivity contribution in [3.63, 3.8) is 0 Å². The fourth-order valence-electron chi connectivity index (χ4n) is 2.90. The maximum Gasteiger partial charge on any atom is 0.137 e. The molecule has 0 aromatic carbocycles. The van der Waals surface area contributed by atoms with Gasteiger partial charge >= 0.3 is 0 Å². The van der Waals surface area contributed by atoms with Crippen molar-refractivity contribution in [3.05, 3.63) is 16.5 Å². The van der Waals surface area contributed by atoms with Gasteiger partial charge in [-0.3, -0.25) is 0 Å². The van der Waals surface area contributed by atoms with E-state index >= 15 is 0 Å². The van der Waals surface area contributed by atoms with Crippen LogP contribution in [0.2, 0.25) is 5.15 Å². The zero-order valence-electron chi connectivity index (χ0n) is 12.6. The van der Waals surface area contributed by atoms with Crippen LogP contribution in [0.1, 0.15) is 50.4 Å². The number of anilines is 1. The van der Waals surface area contributed by atoms with Crippen molar-refractivity contribution < 1.29 is 5.11 Å². The van der Waals surface area contributed by atoms with Crippen LogP contribution in [0.25, 0.3) is 0 Å². The zero-order valence-corrected chi connectivity index (χ0v) is 13.3. The summed E-state index contributed by atoms with van der Waals surface area (Å²) in [5.41, 5.74) is 0.895. The smallest absolute Gasteiger partial charge is 0.137 e. The molecule has 2 rings (SSSR count). The van der Waals surface area contributed by atoms with Crippen LogP contribution >= 0.6 is 11.6 Å². The van der Waals surface area contributed by atoms with Crippen molar-refractivity contribution in [2.45, 2.75) is 64.5 Å². The monoisotopic (exact) mass is 297 g/mol. The Labute approximate surface area is 126 Å². The van der Waals surface area contributed by atoms with Gasteiger partial charge in [-0.1, -0.05) is 31.4 Å². The highest BCUT2D eigenvalue weighted by atomic mass is 35.5. The van der Waals surface area contributed by atoms with Crippen molar-refractivity contribution in [1.29, 1.82) is 0 Å². The van der Waals surface area contributed by atoms with E-state index in [0.717, 1.165) is 55.7 Å². The third kappa shape index (κ3) is 3.23. The molecule has 1 saturated carbocycles. The third-order valence-electron chi connectivity index (χ3n) is 4.11. The number of nitrogens with zero attached hydrogens (tertiary/aromatic N) is 3. The van der Waals surface area contributed by atoms with Gasteiger partial charge in [0.05, 0.1) is 12.1 Å². The van der Waals surface area contributed by atoms with Crippen LogP contribution in [0.3, 0.4) is 0 Å². The number of aliphatic hydroxyl groups is 1. The Kier molecular flexibility index (Phi) is 5.22. The Hall–Kier alpha value is -0.870. The van der Waals surface area contributed by atoms with E-state index in [-0.39, 0.29) is 12.1 Å². The molecule has 1 heterocycles. The zero-order chi connectivity index (χ0) is 14.7. The second-order valence-electron chi connectivity index (χ2n) is 5.66. The van der Waals surface area contributed by atoms with Crippen LogP contribution in [0.5, 0.6) is 0 Å². The van der Waals surface area contributed by atoms with E-state index in [4.69, 9.17) is 11.6 Å². The van der Waals surface area contributed by atoms with Crippen LogP contribution in [-0.4, -0.2) is 34.3 Å². The molecule has 2 unspecified atom stereocenters. The van der Waals surface area contributed by atoms with Gasteiger partial charge in [-0.15, -0.1) is 0 Å². The molecule has 2 atom stereocenters. The molecule has 20 heavy (non-hydrogen) atoms. The molecule has 1 aromatic rings. The molecule has 1 N–H and O–H groups in total. The summed E-state index contributed by atoms with van der Waals surface area (Å²) in [6.45, 7) is 4.05. The van der Waals surface area contributed by atoms with Crippen LogP contribution in [0, 0.1) is 6.92 Å². The fraction of sp³-hybridized carbons (Fsp3) is 0.733. The van der Waals surface area contributed by atoms with Gasteiger partial charge in [0.25, 0.3) is 0 Å². The van der Waals surface area contributed by atoms with Crippen LogP contribution in [0.4, 0.5) is 5.82 Å². The Balaban J connectivity index is 2.30. The minimum atomic E-state index is -0.281. The summed E-state index contributed by atoms with van der Waals surface area (Å²) in [6, 6.07) is 0.128. The standard InChI is InChI=1S/C15H24ClN3O/c1-4-7-13-17-14(16)10(2)15(18-13)19(3)11-8-5-6-9-12(11)20/h11-12,20H,4-9H2,1-3H3. The summed E-state index contributed by atoms with van der Waals surface area (Å²) in [5, 5.41) is 10.7. The summed E-state index contributed by atoms with van der Waals surface area (Å²) in [5.74, 6) is 1.65. The largest absolute Gasteiger partial charge is 0.391 e. The Morgan fingerprint density at radius 1 is 1.30 bits per heavy atom. The highest BCUT2D eigenvalue weighted by Crippen LogP contribution is 2.29. The lowest BCUT2D eigenvalue weighted by molar-refractivity contribution is 0.106. The van der Waals surface area contributed by atoms with Gasteiger partial charge in [0.2, 0.25) is 0 Å². The quantitative estimate of drug-likeness (QED) is 0.868. The molecule has 0 spiro atoms. The van der Waals surface area contributed by atoms with Gasteiger partial charge in [0.1, 0.15) is 16.8 Å². The summed E-state index contributed by atoms with van der Waals surface area (Å²) in [6.07, 6.45) is 5.68. The van der Waals surface area contributed by atoms with Gasteiger partial charge < -0.3 is 10.0 Å². The number of aryl methyl sites for hydroxylation is 1. The molecule has 0 bridgehead atoms. The average Bonchev–Trinajstić information content (AvgIpc) is 2.43. The SMILES string of the molecule is CCCc1nc(Cl)c(C)c(N(C)C2CCCCC2O)n1. The Bertz CT molecular complexity index is 467. The summed E-state index contributed by atoms with van der Waals surface area (Å²) in [7, 11) is 2.00. The first kappa shape index (κ1) is 15.5. The van der Waals surface area contributed by atoms with Gasteiger partial charge in [-0.2, -0.15) is 0 Å². The molecule has 0 radical (unpaired) electrons. The van der Waals surface area contributed by atoms with Gasteiger partial charge in [0.15, 0.2) is 0 Å². The highest BCUT2D eigenvalue weighted by Gasteiger charge is 2.28. The lowest BCUT2D eigenvalue weighted by Gasteiger charge is -2.36. The molecular weight excluding hydrogens is 274 g/mol. The minimum Gasteiger partial charge on any atom is -0.391 e. The second kappa shape index (κ2) is 6.72. The van der Waals surface area contributed by atoms with Crippen LogP contribution in [-0.2, 0) is 6.42 Å². The van der Waals surface area contributed by atoms with E-state index in [9.17, 15) is 5.11 Å². The van der Waals surface area contributed by atoms with Crippen molar-refractivity contribution in [2.75, 3.05) is 11.9 Å². The lowest BCUT2D eigenvalue weighted by Crippen LogP contribution is -2.44. The summed E-state index contributed by atoms with van der Waals surface area (Å²) in [4.78, 5) is 11.1. The van der Waals surface area contributed by atoms with E-state index in [0.29, 0.717) is 5.15 Å². The number of halogens is 1. The first-order valence-corrected chi connectivity index (χ1v) is 7.86. The number of aromatic nitrogens is 2. The van der Waals surface area contributed by atoms with Crippen molar-refractivity contribution in [2.24, 2.45) is 0 Å². The third-order valence-corrected chi connectivity index (χ3v) is 4.47. The molecule has 0 saturated heterocycles. The van der Waals surface area contributed by atoms with Gasteiger partial charge in [0, 0.05) is 19.0 Å². The molecule has 5 heteroatoms. The second-order valence-corrected chi connectivity index (χ2v) is 6.02. The first-order chi connectivity index (χ1) is 9.54. The van der Waals surface area contributed by atoms with E-state index in [1.54, 1.807) is 0 Å². The molecule has 4 nitrogen and oxygen atoms in total. The molecule has 1 fully saturated rings. The van der Waals surface area contributed by atoms with Crippen LogP contribution < -0.4 is 4.90 Å². The summed E-state index contributed by atoms with van der Waals surface area (Å²) < 4.78 is 0. The highest BCUT2D eigenvalue weighted by molar-refractivity contribution is 6.30. The Morgan fingerprint density at radius 2 is 2.00 bits per heavy atom. The van der Waals surface area contributed by atoms with Crippen molar-refractivity contribution >= 4 is 17.4 Å². The van der Waals surface area contributed by atoms with Gasteiger partial charge in [-0.25, -0.2) is 9.97 Å². The number of hydrogen-bond acceptors (Lipinski definition) is 4. The van der Waals surface area contributed by atoms with E-state index in [1.165, 1.54) is 0 Å². The van der Waals surface area contributed by atoms with Crippen molar-refractivity contribution in [3.8, 4) is 0 Å². The van der Waals surface area contributed by atoms with E-state index in [1.807, 2.05) is 14.0 Å². The van der Waals surface area contributed by atoms with E-state index in [2.05, 4.69) is 21.8 Å². The number of aliphatic hydroxyl groups excluding tert-OH is 1. The van der Waals surface area contributed by atoms with E-state index < -0.39 is 0 Å². The first-order valence-electron chi connectivity index (χ1n) is 7.48. The number of hydrogen-bond donors (Lipinski definition) is 1. The lowest BCUT2D eigenvalue weighted by atomic mass is 9.91. The molecule has 1 aliphatic rings. The number of rotatable bonds is 4. The Morgan fingerprint density at radius 3 is 2.65 bits per heavy atom. The predicted molar refractivity (Wildman–Crippen MR) is 82.4 cm³/mol. The summed E-state index contributed by atoms with van der Waals surface area (Å²) >= 11 is 6.23. The molecule has 112 valence electrons. The van der Waals surface area contributed by atoms with Crippen molar-refractivity contribution in [1.82, 2.24) is 9.97 Å². The molecular formula is C15H24ClN3O. The molecule has 0 aliphatic heterocycles. The fourth-order valence-corrected chi connectivity index (χ4v) is 3.08. The van der Waals surface area contributed by atoms with Crippen LogP contribution in [0.15, 0.2) is 0 Å². The maximum atomic E-state index is 10.2.